The van der Waals surface area contributed by atoms with Crippen molar-refractivity contribution in [2.45, 2.75) is 19.4 Å². The molecule has 7 heteroatoms. The Morgan fingerprint density at radius 2 is 2.15 bits per heavy atom. The fourth-order valence-corrected chi connectivity index (χ4v) is 1.26. The van der Waals surface area contributed by atoms with Gasteiger partial charge in [-0.3, -0.25) is 4.79 Å². The summed E-state index contributed by atoms with van der Waals surface area (Å²) in [5.74, 6) is 0.870. The number of carboxylic acids is 1. The van der Waals surface area contributed by atoms with Crippen LogP contribution in [0.4, 0.5) is 0 Å². The van der Waals surface area contributed by atoms with Gasteiger partial charge < -0.3 is 10.8 Å². The van der Waals surface area contributed by atoms with Crippen LogP contribution in [0.2, 0.25) is 0 Å². The van der Waals surface area contributed by atoms with E-state index in [1.165, 1.54) is 11.8 Å². The number of carboxylic acid groups (broad SMARTS) is 1. The first kappa shape index (κ1) is 16.5. The molecule has 0 aliphatic rings. The molecular formula is C6H13Cl2NO2PdS. The van der Waals surface area contributed by atoms with Gasteiger partial charge in [-0.15, -0.1) is 0 Å². The van der Waals surface area contributed by atoms with Crippen LogP contribution in [0.25, 0.3) is 5.73 Å². The van der Waals surface area contributed by atoms with E-state index in [1.807, 2.05) is 6.92 Å². The second kappa shape index (κ2) is 13.0. The predicted molar refractivity (Wildman–Crippen MR) is 56.2 cm³/mol. The summed E-state index contributed by atoms with van der Waals surface area (Å²) in [5, 5.41) is 8.29. The minimum atomic E-state index is -1.01. The first-order valence-electron chi connectivity index (χ1n) is 3.49. The van der Waals surface area contributed by atoms with E-state index in [1.54, 1.807) is 0 Å². The van der Waals surface area contributed by atoms with E-state index in [9.17, 15) is 4.79 Å². The molecule has 0 aromatic rings. The van der Waals surface area contributed by atoms with Crippen LogP contribution in [0.5, 0.6) is 0 Å². The molecule has 13 heavy (non-hydrogen) atoms. The van der Waals surface area contributed by atoms with Crippen molar-refractivity contribution in [3.63, 3.8) is 0 Å². The van der Waals surface area contributed by atoms with Gasteiger partial charge in [0.25, 0.3) is 5.97 Å². The standard InChI is InChI=1S/C6H12NO2S.2ClH.Pd/c1-2-10-4-3-5(7)6(8)9;;;/h5,7H,2-4H2,1H3,(H,8,9);2*1H;/q-1;;;+2/p-1. The van der Waals surface area contributed by atoms with Gasteiger partial charge in [-0.05, 0) is 31.1 Å². The van der Waals surface area contributed by atoms with Crippen molar-refractivity contribution in [2.75, 3.05) is 11.5 Å². The molecule has 1 unspecified atom stereocenters. The zero-order valence-corrected chi connectivity index (χ0v) is 11.0. The quantitative estimate of drug-likeness (QED) is 0.360. The van der Waals surface area contributed by atoms with E-state index in [4.69, 9.17) is 29.9 Å². The van der Waals surface area contributed by atoms with Crippen LogP contribution < -0.4 is 0 Å². The molecular weight excluding hydrogens is 327 g/mol. The SMILES string of the molecule is CC[SH+]CCC([NH-])C(=O)O.[Cl][Pd][Cl]. The molecule has 0 saturated carbocycles. The van der Waals surface area contributed by atoms with Gasteiger partial charge in [-0.1, -0.05) is 0 Å². The van der Waals surface area contributed by atoms with Crippen LogP contribution in [0, 0.1) is 0 Å². The number of hydrogen-bond donors (Lipinski definition) is 1. The summed E-state index contributed by atoms with van der Waals surface area (Å²) in [6.45, 7) is 2.04. The van der Waals surface area contributed by atoms with Crippen molar-refractivity contribution in [1.29, 1.82) is 0 Å². The average molecular weight is 341 g/mol. The zero-order chi connectivity index (χ0) is 10.7. The summed E-state index contributed by atoms with van der Waals surface area (Å²) in [5.41, 5.74) is 7.00. The molecule has 2 N–H and O–H groups in total. The summed E-state index contributed by atoms with van der Waals surface area (Å²) < 4.78 is 0. The van der Waals surface area contributed by atoms with E-state index in [0.717, 1.165) is 11.5 Å². The molecule has 0 bridgehead atoms. The summed E-state index contributed by atoms with van der Waals surface area (Å²) in [6, 6.07) is -0.918. The molecule has 1 atom stereocenters. The minimum absolute atomic E-state index is 0.106. The first-order valence-corrected chi connectivity index (χ1v) is 8.76. The van der Waals surface area contributed by atoms with Crippen molar-refractivity contribution >= 4 is 36.8 Å². The average Bonchev–Trinajstić information content (AvgIpc) is 2.06. The number of rotatable bonds is 5. The van der Waals surface area contributed by atoms with E-state index >= 15 is 0 Å². The van der Waals surface area contributed by atoms with Crippen LogP contribution in [0.1, 0.15) is 13.3 Å². The number of aliphatic carboxylic acids is 1. The Morgan fingerprint density at radius 3 is 2.46 bits per heavy atom. The van der Waals surface area contributed by atoms with Crippen LogP contribution in [0.15, 0.2) is 0 Å². The summed E-state index contributed by atoms with van der Waals surface area (Å²) in [4.78, 5) is 10.1. The van der Waals surface area contributed by atoms with Gasteiger partial charge in [0, 0.05) is 0 Å². The molecule has 0 aliphatic carbocycles. The molecule has 0 radical (unpaired) electrons. The van der Waals surface area contributed by atoms with E-state index < -0.39 is 12.0 Å². The molecule has 0 heterocycles. The molecule has 0 amide bonds. The van der Waals surface area contributed by atoms with E-state index in [-0.39, 0.29) is 15.9 Å². The van der Waals surface area contributed by atoms with Crippen LogP contribution in [-0.4, -0.2) is 28.6 Å². The molecule has 0 aromatic carbocycles. The molecule has 0 fully saturated rings. The molecule has 3 nitrogen and oxygen atoms in total. The van der Waals surface area contributed by atoms with Crippen LogP contribution >= 0.6 is 19.1 Å². The second-order valence-corrected chi connectivity index (χ2v) is 5.88. The Balaban J connectivity index is 0. The maximum atomic E-state index is 10.1. The third kappa shape index (κ3) is 15.8. The molecule has 0 spiro atoms. The third-order valence-electron chi connectivity index (χ3n) is 1.10. The number of hydrogen-bond acceptors (Lipinski definition) is 1. The van der Waals surface area contributed by atoms with Gasteiger partial charge in [-0.25, -0.2) is 0 Å². The Labute approximate surface area is 98.8 Å². The fourth-order valence-electron chi connectivity index (χ4n) is 0.502. The Hall–Kier alpha value is 1.02. The van der Waals surface area contributed by atoms with E-state index in [2.05, 4.69) is 0 Å². The normalized spacial score (nSPS) is 11.7. The van der Waals surface area contributed by atoms with Crippen molar-refractivity contribution in [2.24, 2.45) is 0 Å². The van der Waals surface area contributed by atoms with Crippen LogP contribution in [-0.2, 0) is 32.5 Å². The number of nitrogens with one attached hydrogen (secondary N) is 1. The molecule has 0 rings (SSSR count). The zero-order valence-electron chi connectivity index (χ0n) is 7.07. The monoisotopic (exact) mass is 339 g/mol. The molecule has 0 saturated heterocycles. The van der Waals surface area contributed by atoms with Gasteiger partial charge in [0.05, 0.1) is 0 Å². The maximum absolute atomic E-state index is 10.1. The summed E-state index contributed by atoms with van der Waals surface area (Å²) in [7, 11) is 9.63. The van der Waals surface area contributed by atoms with Gasteiger partial charge in [0.15, 0.2) is 0 Å². The predicted octanol–water partition coefficient (Wildman–Crippen LogP) is 2.09. The summed E-state index contributed by atoms with van der Waals surface area (Å²) >= 11 is 1.14. The van der Waals surface area contributed by atoms with Crippen molar-refractivity contribution in [1.82, 2.24) is 0 Å². The topological polar surface area (TPSA) is 61.1 Å². The third-order valence-corrected chi connectivity index (χ3v) is 2.12. The second-order valence-electron chi connectivity index (χ2n) is 1.99. The Kier molecular flexibility index (Phi) is 16.5. The number of halogens is 2. The van der Waals surface area contributed by atoms with E-state index in [0.29, 0.717) is 6.42 Å². The Morgan fingerprint density at radius 1 is 1.69 bits per heavy atom. The van der Waals surface area contributed by atoms with Gasteiger partial charge in [0.2, 0.25) is 0 Å². The van der Waals surface area contributed by atoms with Crippen LogP contribution in [0.3, 0.4) is 0 Å². The fraction of sp³-hybridized carbons (Fsp3) is 0.833. The summed E-state index contributed by atoms with van der Waals surface area (Å²) in [6.07, 6.45) is 0.477. The molecule has 0 aliphatic heterocycles. The van der Waals surface area contributed by atoms with Crippen molar-refractivity contribution < 1.29 is 25.8 Å². The van der Waals surface area contributed by atoms with Gasteiger partial charge in [-0.2, -0.15) is 0 Å². The number of thiol groups is 1. The van der Waals surface area contributed by atoms with Gasteiger partial charge >= 0.3 is 35.0 Å². The van der Waals surface area contributed by atoms with Gasteiger partial charge in [0.1, 0.15) is 11.5 Å². The number of carbonyl (C=O) groups is 1. The van der Waals surface area contributed by atoms with Crippen molar-refractivity contribution in [3.8, 4) is 0 Å². The molecule has 84 valence electrons. The Bertz CT molecular complexity index is 131. The first-order chi connectivity index (χ1) is 6.09. The molecule has 0 aromatic heterocycles. The van der Waals surface area contributed by atoms with Crippen molar-refractivity contribution in [3.05, 3.63) is 5.73 Å².